The molecule has 18 heavy (non-hydrogen) atoms. The summed E-state index contributed by atoms with van der Waals surface area (Å²) in [4.78, 5) is 0. The highest BCUT2D eigenvalue weighted by atomic mass is 79.9. The smallest absolute Gasteiger partial charge is 0.0380 e. The van der Waals surface area contributed by atoms with Gasteiger partial charge in [0, 0.05) is 15.7 Å². The van der Waals surface area contributed by atoms with E-state index in [2.05, 4.69) is 46.4 Å². The van der Waals surface area contributed by atoms with E-state index in [9.17, 15) is 0 Å². The van der Waals surface area contributed by atoms with Crippen LogP contribution in [0.15, 0.2) is 22.7 Å². The third kappa shape index (κ3) is 2.32. The van der Waals surface area contributed by atoms with Crippen molar-refractivity contribution in [2.45, 2.75) is 63.3 Å². The maximum Gasteiger partial charge on any atom is 0.0380 e. The SMILES string of the molecule is CC1CC2(CCCCCC2)Nc2ccc(Br)cc21. The number of halogens is 1. The van der Waals surface area contributed by atoms with Crippen LogP contribution in [0.25, 0.3) is 0 Å². The molecule has 2 aliphatic rings. The van der Waals surface area contributed by atoms with Gasteiger partial charge in [-0.2, -0.15) is 0 Å². The molecular weight excluding hydrogens is 286 g/mol. The largest absolute Gasteiger partial charge is 0.379 e. The van der Waals surface area contributed by atoms with Crippen LogP contribution in [0, 0.1) is 0 Å². The fourth-order valence-electron chi connectivity index (χ4n) is 3.82. The average Bonchev–Trinajstić information content (AvgIpc) is 2.56. The Morgan fingerprint density at radius 2 is 1.89 bits per heavy atom. The van der Waals surface area contributed by atoms with Gasteiger partial charge in [-0.3, -0.25) is 0 Å². The molecule has 1 saturated carbocycles. The van der Waals surface area contributed by atoms with Gasteiger partial charge in [-0.15, -0.1) is 0 Å². The molecule has 1 aromatic carbocycles. The van der Waals surface area contributed by atoms with Crippen molar-refractivity contribution in [3.05, 3.63) is 28.2 Å². The Morgan fingerprint density at radius 3 is 2.61 bits per heavy atom. The Kier molecular flexibility index (Phi) is 3.40. The second-order valence-electron chi connectivity index (χ2n) is 6.16. The molecule has 0 amide bonds. The Bertz CT molecular complexity index is 433. The molecule has 1 aromatic rings. The van der Waals surface area contributed by atoms with E-state index in [1.54, 1.807) is 0 Å². The summed E-state index contributed by atoms with van der Waals surface area (Å²) in [5, 5.41) is 3.89. The summed E-state index contributed by atoms with van der Waals surface area (Å²) in [5.41, 5.74) is 3.25. The van der Waals surface area contributed by atoms with E-state index in [-0.39, 0.29) is 0 Å². The minimum Gasteiger partial charge on any atom is -0.379 e. The number of benzene rings is 1. The molecule has 1 fully saturated rings. The number of fused-ring (bicyclic) bond motifs is 1. The maximum absolute atomic E-state index is 3.89. The molecule has 0 radical (unpaired) electrons. The van der Waals surface area contributed by atoms with E-state index >= 15 is 0 Å². The van der Waals surface area contributed by atoms with Gasteiger partial charge in [-0.1, -0.05) is 48.5 Å². The molecule has 1 N–H and O–H groups in total. The Balaban J connectivity index is 1.92. The van der Waals surface area contributed by atoms with Crippen LogP contribution < -0.4 is 5.32 Å². The van der Waals surface area contributed by atoms with E-state index in [1.165, 1.54) is 60.7 Å². The molecule has 1 atom stereocenters. The lowest BCUT2D eigenvalue weighted by Gasteiger charge is -2.42. The van der Waals surface area contributed by atoms with Crippen LogP contribution in [0.5, 0.6) is 0 Å². The minimum atomic E-state index is 0.386. The van der Waals surface area contributed by atoms with Crippen LogP contribution in [0.4, 0.5) is 5.69 Å². The van der Waals surface area contributed by atoms with Crippen molar-refractivity contribution in [1.82, 2.24) is 0 Å². The first-order chi connectivity index (χ1) is 8.69. The monoisotopic (exact) mass is 307 g/mol. The van der Waals surface area contributed by atoms with Gasteiger partial charge in [0.15, 0.2) is 0 Å². The summed E-state index contributed by atoms with van der Waals surface area (Å²) in [5.74, 6) is 0.678. The molecule has 3 rings (SSSR count). The molecule has 1 unspecified atom stereocenters. The van der Waals surface area contributed by atoms with Crippen molar-refractivity contribution in [3.63, 3.8) is 0 Å². The zero-order valence-corrected chi connectivity index (χ0v) is 12.7. The number of nitrogens with one attached hydrogen (secondary N) is 1. The van der Waals surface area contributed by atoms with Crippen molar-refractivity contribution in [1.29, 1.82) is 0 Å². The lowest BCUT2D eigenvalue weighted by molar-refractivity contribution is 0.344. The zero-order chi connectivity index (χ0) is 12.6. The standard InChI is InChI=1S/C16H22BrN/c1-12-11-16(8-4-2-3-5-9-16)18-15-7-6-13(17)10-14(12)15/h6-7,10,12,18H,2-5,8-9,11H2,1H3. The molecule has 1 aliphatic carbocycles. The van der Waals surface area contributed by atoms with Crippen molar-refractivity contribution in [3.8, 4) is 0 Å². The second kappa shape index (κ2) is 4.88. The first-order valence-corrected chi connectivity index (χ1v) is 8.05. The number of rotatable bonds is 0. The summed E-state index contributed by atoms with van der Waals surface area (Å²) in [7, 11) is 0. The predicted octanol–water partition coefficient (Wildman–Crippen LogP) is 5.46. The highest BCUT2D eigenvalue weighted by Crippen LogP contribution is 2.45. The summed E-state index contributed by atoms with van der Waals surface area (Å²) in [6.07, 6.45) is 9.64. The molecule has 0 aromatic heterocycles. The molecule has 1 nitrogen and oxygen atoms in total. The Hall–Kier alpha value is -0.500. The van der Waals surface area contributed by atoms with Crippen LogP contribution in [0.1, 0.15) is 63.4 Å². The maximum atomic E-state index is 3.89. The van der Waals surface area contributed by atoms with Crippen LogP contribution in [-0.4, -0.2) is 5.54 Å². The molecule has 0 saturated heterocycles. The zero-order valence-electron chi connectivity index (χ0n) is 11.1. The molecule has 1 heterocycles. The van der Waals surface area contributed by atoms with Crippen molar-refractivity contribution in [2.24, 2.45) is 0 Å². The normalized spacial score (nSPS) is 26.2. The molecule has 98 valence electrons. The van der Waals surface area contributed by atoms with E-state index in [0.717, 1.165) is 0 Å². The molecule has 2 heteroatoms. The van der Waals surface area contributed by atoms with Crippen molar-refractivity contribution < 1.29 is 0 Å². The van der Waals surface area contributed by atoms with Gasteiger partial charge in [-0.05, 0) is 48.9 Å². The van der Waals surface area contributed by atoms with Crippen LogP contribution in [0.3, 0.4) is 0 Å². The van der Waals surface area contributed by atoms with Gasteiger partial charge >= 0.3 is 0 Å². The lowest BCUT2D eigenvalue weighted by atomic mass is 9.76. The highest BCUT2D eigenvalue weighted by Gasteiger charge is 2.37. The van der Waals surface area contributed by atoms with E-state index < -0.39 is 0 Å². The predicted molar refractivity (Wildman–Crippen MR) is 81.2 cm³/mol. The summed E-state index contributed by atoms with van der Waals surface area (Å²) >= 11 is 3.59. The lowest BCUT2D eigenvalue weighted by Crippen LogP contribution is -2.42. The van der Waals surface area contributed by atoms with E-state index in [0.29, 0.717) is 11.5 Å². The second-order valence-corrected chi connectivity index (χ2v) is 7.07. The number of hydrogen-bond donors (Lipinski definition) is 1. The molecule has 1 aliphatic heterocycles. The summed E-state index contributed by atoms with van der Waals surface area (Å²) in [6.45, 7) is 2.39. The fraction of sp³-hybridized carbons (Fsp3) is 0.625. The third-order valence-corrected chi connectivity index (χ3v) is 5.20. The molecular formula is C16H22BrN. The third-order valence-electron chi connectivity index (χ3n) is 4.70. The van der Waals surface area contributed by atoms with Crippen LogP contribution in [-0.2, 0) is 0 Å². The quantitative estimate of drug-likeness (QED) is 0.671. The van der Waals surface area contributed by atoms with Gasteiger partial charge < -0.3 is 5.32 Å². The molecule has 1 spiro atoms. The number of anilines is 1. The summed E-state index contributed by atoms with van der Waals surface area (Å²) in [6, 6.07) is 6.70. The Labute approximate surface area is 118 Å². The first-order valence-electron chi connectivity index (χ1n) is 7.26. The molecule has 0 bridgehead atoms. The van der Waals surface area contributed by atoms with Crippen molar-refractivity contribution in [2.75, 3.05) is 5.32 Å². The van der Waals surface area contributed by atoms with Gasteiger partial charge in [0.25, 0.3) is 0 Å². The van der Waals surface area contributed by atoms with Gasteiger partial charge in [0.2, 0.25) is 0 Å². The van der Waals surface area contributed by atoms with Crippen molar-refractivity contribution >= 4 is 21.6 Å². The van der Waals surface area contributed by atoms with Crippen LogP contribution in [0.2, 0.25) is 0 Å². The Morgan fingerprint density at radius 1 is 1.17 bits per heavy atom. The van der Waals surface area contributed by atoms with Gasteiger partial charge in [0.05, 0.1) is 0 Å². The van der Waals surface area contributed by atoms with Gasteiger partial charge in [0.1, 0.15) is 0 Å². The summed E-state index contributed by atoms with van der Waals surface area (Å²) < 4.78 is 1.20. The fourth-order valence-corrected chi connectivity index (χ4v) is 4.20. The topological polar surface area (TPSA) is 12.0 Å². The van der Waals surface area contributed by atoms with E-state index in [1.807, 2.05) is 0 Å². The van der Waals surface area contributed by atoms with Gasteiger partial charge in [-0.25, -0.2) is 0 Å². The average molecular weight is 308 g/mol. The van der Waals surface area contributed by atoms with Crippen LogP contribution >= 0.6 is 15.9 Å². The first kappa shape index (κ1) is 12.5. The number of hydrogen-bond acceptors (Lipinski definition) is 1. The highest BCUT2D eigenvalue weighted by molar-refractivity contribution is 9.10. The van der Waals surface area contributed by atoms with E-state index in [4.69, 9.17) is 0 Å². The minimum absolute atomic E-state index is 0.386.